The lowest BCUT2D eigenvalue weighted by Crippen LogP contribution is -2.35. The number of rotatable bonds is 10. The van der Waals surface area contributed by atoms with Crippen LogP contribution < -0.4 is 10.6 Å². The largest absolute Gasteiger partial charge is 0.360 e. The Kier molecular flexibility index (Phi) is 8.53. The molecule has 2 amide bonds. The molecule has 7 nitrogen and oxygen atoms in total. The molecule has 2 rings (SSSR count). The quantitative estimate of drug-likeness (QED) is 0.633. The molecule has 1 atom stereocenters. The van der Waals surface area contributed by atoms with E-state index in [0.717, 1.165) is 12.0 Å². The Morgan fingerprint density at radius 2 is 1.86 bits per heavy atom. The number of aryl methyl sites for hydroxylation is 2. The summed E-state index contributed by atoms with van der Waals surface area (Å²) in [7, 11) is 3.99. The third-order valence-electron chi connectivity index (χ3n) is 4.25. The highest BCUT2D eigenvalue weighted by atomic mass is 32.2. The Bertz CT molecular complexity index is 774. The van der Waals surface area contributed by atoms with E-state index >= 15 is 0 Å². The topological polar surface area (TPSA) is 87.5 Å². The molecular formula is C20H28N4O3S. The van der Waals surface area contributed by atoms with Gasteiger partial charge >= 0.3 is 0 Å². The fraction of sp³-hybridized carbons (Fsp3) is 0.450. The van der Waals surface area contributed by atoms with Gasteiger partial charge < -0.3 is 20.1 Å². The van der Waals surface area contributed by atoms with E-state index < -0.39 is 0 Å². The van der Waals surface area contributed by atoms with Gasteiger partial charge in [-0.1, -0.05) is 36.3 Å². The number of nitrogens with zero attached hydrogens (tertiary/aromatic N) is 2. The average Bonchev–Trinajstić information content (AvgIpc) is 3.06. The van der Waals surface area contributed by atoms with E-state index in [1.54, 1.807) is 13.0 Å². The maximum Gasteiger partial charge on any atom is 0.235 e. The van der Waals surface area contributed by atoms with Gasteiger partial charge in [0.1, 0.15) is 5.76 Å². The number of hydrogen-bond donors (Lipinski definition) is 2. The van der Waals surface area contributed by atoms with Gasteiger partial charge in [0.25, 0.3) is 0 Å². The molecule has 0 fully saturated rings. The molecule has 152 valence electrons. The van der Waals surface area contributed by atoms with Gasteiger partial charge in [0.15, 0.2) is 5.82 Å². The summed E-state index contributed by atoms with van der Waals surface area (Å²) in [6, 6.07) is 10.2. The molecule has 0 spiro atoms. The van der Waals surface area contributed by atoms with E-state index in [4.69, 9.17) is 4.52 Å². The number of nitrogens with one attached hydrogen (secondary N) is 2. The van der Waals surface area contributed by atoms with E-state index in [1.165, 1.54) is 17.3 Å². The molecule has 0 saturated heterocycles. The number of anilines is 1. The van der Waals surface area contributed by atoms with Crippen molar-refractivity contribution in [1.29, 1.82) is 0 Å². The summed E-state index contributed by atoms with van der Waals surface area (Å²) in [5.41, 5.74) is 2.46. The molecule has 0 aliphatic carbocycles. The highest BCUT2D eigenvalue weighted by Crippen LogP contribution is 2.18. The van der Waals surface area contributed by atoms with Crippen LogP contribution in [0.25, 0.3) is 0 Å². The van der Waals surface area contributed by atoms with E-state index in [0.29, 0.717) is 18.1 Å². The summed E-state index contributed by atoms with van der Waals surface area (Å²) < 4.78 is 4.89. The van der Waals surface area contributed by atoms with Crippen LogP contribution in [0.15, 0.2) is 34.9 Å². The van der Waals surface area contributed by atoms with Gasteiger partial charge in [-0.15, -0.1) is 11.8 Å². The molecule has 1 heterocycles. The van der Waals surface area contributed by atoms with Crippen LogP contribution in [0.4, 0.5) is 5.82 Å². The smallest absolute Gasteiger partial charge is 0.235 e. The summed E-state index contributed by atoms with van der Waals surface area (Å²) in [4.78, 5) is 26.1. The Hall–Kier alpha value is -2.32. The Morgan fingerprint density at radius 3 is 2.43 bits per heavy atom. The minimum absolute atomic E-state index is 0.0906. The van der Waals surface area contributed by atoms with Gasteiger partial charge in [-0.3, -0.25) is 9.59 Å². The maximum atomic E-state index is 12.1. The zero-order valence-corrected chi connectivity index (χ0v) is 17.6. The molecule has 1 aromatic heterocycles. The van der Waals surface area contributed by atoms with E-state index in [2.05, 4.69) is 51.9 Å². The van der Waals surface area contributed by atoms with Gasteiger partial charge in [-0.25, -0.2) is 0 Å². The zero-order chi connectivity index (χ0) is 20.5. The van der Waals surface area contributed by atoms with E-state index in [9.17, 15) is 9.59 Å². The van der Waals surface area contributed by atoms with Crippen molar-refractivity contribution in [3.05, 3.63) is 47.2 Å². The lowest BCUT2D eigenvalue weighted by atomic mass is 10.0. The van der Waals surface area contributed by atoms with Crippen LogP contribution in [-0.4, -0.2) is 54.0 Å². The van der Waals surface area contributed by atoms with Crippen molar-refractivity contribution in [2.45, 2.75) is 26.3 Å². The van der Waals surface area contributed by atoms with Gasteiger partial charge in [0, 0.05) is 12.6 Å². The Balaban J connectivity index is 1.74. The zero-order valence-electron chi connectivity index (χ0n) is 16.8. The van der Waals surface area contributed by atoms with Crippen molar-refractivity contribution in [2.24, 2.45) is 0 Å². The first-order valence-corrected chi connectivity index (χ1v) is 10.4. The number of hydrogen-bond acceptors (Lipinski definition) is 6. The number of amides is 2. The number of benzene rings is 1. The Labute approximate surface area is 170 Å². The fourth-order valence-corrected chi connectivity index (χ4v) is 3.32. The highest BCUT2D eigenvalue weighted by molar-refractivity contribution is 8.00. The first kappa shape index (κ1) is 22.0. The summed E-state index contributed by atoms with van der Waals surface area (Å²) in [5, 5.41) is 9.29. The third kappa shape index (κ3) is 7.01. The van der Waals surface area contributed by atoms with Crippen LogP contribution >= 0.6 is 11.8 Å². The highest BCUT2D eigenvalue weighted by Gasteiger charge is 2.15. The first-order chi connectivity index (χ1) is 13.4. The molecule has 28 heavy (non-hydrogen) atoms. The van der Waals surface area contributed by atoms with Crippen LogP contribution in [0.3, 0.4) is 0 Å². The second-order valence-electron chi connectivity index (χ2n) is 6.74. The molecule has 1 unspecified atom stereocenters. The lowest BCUT2D eigenvalue weighted by molar-refractivity contribution is -0.118. The Morgan fingerprint density at radius 1 is 1.18 bits per heavy atom. The molecule has 0 aliphatic heterocycles. The first-order valence-electron chi connectivity index (χ1n) is 9.22. The average molecular weight is 405 g/mol. The number of thioether (sulfide) groups is 1. The molecule has 0 saturated carbocycles. The van der Waals surface area contributed by atoms with Crippen LogP contribution in [0.2, 0.25) is 0 Å². The van der Waals surface area contributed by atoms with Crippen molar-refractivity contribution < 1.29 is 14.1 Å². The van der Waals surface area contributed by atoms with E-state index in [1.807, 2.05) is 14.1 Å². The maximum absolute atomic E-state index is 12.1. The minimum atomic E-state index is -0.215. The molecule has 2 aromatic rings. The molecule has 0 radical (unpaired) electrons. The van der Waals surface area contributed by atoms with Crippen molar-refractivity contribution in [1.82, 2.24) is 15.4 Å². The van der Waals surface area contributed by atoms with Crippen molar-refractivity contribution in [3.8, 4) is 0 Å². The fourth-order valence-electron chi connectivity index (χ4n) is 2.68. The van der Waals surface area contributed by atoms with Crippen LogP contribution in [0.5, 0.6) is 0 Å². The standard InChI is InChI=1S/C20H28N4O3S/c1-5-15-6-8-16(9-7-15)17(24(3)4)11-21-19(25)12-28-13-20(26)22-18-10-14(2)27-23-18/h6-10,17H,5,11-13H2,1-4H3,(H,21,25)(H,22,23,26). The SMILES string of the molecule is CCc1ccc(C(CNC(=O)CSCC(=O)Nc2cc(C)on2)N(C)C)cc1. The second-order valence-corrected chi connectivity index (χ2v) is 7.73. The molecular weight excluding hydrogens is 376 g/mol. The van der Waals surface area contributed by atoms with E-state index in [-0.39, 0.29) is 29.4 Å². The molecule has 0 aliphatic rings. The minimum Gasteiger partial charge on any atom is -0.360 e. The predicted molar refractivity (Wildman–Crippen MR) is 112 cm³/mol. The number of likely N-dealkylation sites (N-methyl/N-ethyl adjacent to an activating group) is 1. The van der Waals surface area contributed by atoms with Crippen LogP contribution in [0.1, 0.15) is 29.9 Å². The van der Waals surface area contributed by atoms with Crippen LogP contribution in [0, 0.1) is 6.92 Å². The third-order valence-corrected chi connectivity index (χ3v) is 5.18. The van der Waals surface area contributed by atoms with Gasteiger partial charge in [-0.2, -0.15) is 0 Å². The van der Waals surface area contributed by atoms with Gasteiger partial charge in [-0.05, 0) is 38.6 Å². The summed E-state index contributed by atoms with van der Waals surface area (Å²) in [6.45, 7) is 4.40. The summed E-state index contributed by atoms with van der Waals surface area (Å²) in [6.07, 6.45) is 1.00. The van der Waals surface area contributed by atoms with Gasteiger partial charge in [0.05, 0.1) is 17.5 Å². The monoisotopic (exact) mass is 404 g/mol. The molecule has 8 heteroatoms. The molecule has 0 bridgehead atoms. The van der Waals surface area contributed by atoms with Crippen molar-refractivity contribution in [3.63, 3.8) is 0 Å². The van der Waals surface area contributed by atoms with Gasteiger partial charge in [0.2, 0.25) is 11.8 Å². The second kappa shape index (κ2) is 10.9. The summed E-state index contributed by atoms with van der Waals surface area (Å²) >= 11 is 1.26. The van der Waals surface area contributed by atoms with Crippen LogP contribution in [-0.2, 0) is 16.0 Å². The normalized spacial score (nSPS) is 12.0. The number of carbonyl (C=O) groups is 2. The molecule has 2 N–H and O–H groups in total. The van der Waals surface area contributed by atoms with Crippen molar-refractivity contribution in [2.75, 3.05) is 37.5 Å². The van der Waals surface area contributed by atoms with Crippen molar-refractivity contribution >= 4 is 29.4 Å². The lowest BCUT2D eigenvalue weighted by Gasteiger charge is -2.25. The number of aromatic nitrogens is 1. The summed E-state index contributed by atoms with van der Waals surface area (Å²) in [5.74, 6) is 1.10. The molecule has 1 aromatic carbocycles. The number of carbonyl (C=O) groups excluding carboxylic acids is 2. The predicted octanol–water partition coefficient (Wildman–Crippen LogP) is 2.64.